The van der Waals surface area contributed by atoms with Gasteiger partial charge in [0.1, 0.15) is 35.0 Å². The molecule has 1 fully saturated rings. The van der Waals surface area contributed by atoms with E-state index in [0.29, 0.717) is 6.42 Å². The van der Waals surface area contributed by atoms with Crippen LogP contribution in [0.4, 0.5) is 0 Å². The second-order valence-corrected chi connectivity index (χ2v) is 8.61. The summed E-state index contributed by atoms with van der Waals surface area (Å²) in [5, 5.41) is 32.4. The summed E-state index contributed by atoms with van der Waals surface area (Å²) in [5.74, 6) is 2.61. The van der Waals surface area contributed by atoms with Crippen LogP contribution in [0, 0.1) is 13.8 Å². The van der Waals surface area contributed by atoms with E-state index in [4.69, 9.17) is 4.74 Å². The summed E-state index contributed by atoms with van der Waals surface area (Å²) >= 11 is 0. The third-order valence-electron chi connectivity index (χ3n) is 6.50. The van der Waals surface area contributed by atoms with Gasteiger partial charge in [0.25, 0.3) is 0 Å². The zero-order valence-corrected chi connectivity index (χ0v) is 18.5. The van der Waals surface area contributed by atoms with Crippen LogP contribution in [0.2, 0.25) is 0 Å². The number of nitrogens with one attached hydrogen (secondary N) is 1. The van der Waals surface area contributed by atoms with Crippen molar-refractivity contribution >= 4 is 0 Å². The summed E-state index contributed by atoms with van der Waals surface area (Å²) in [6.45, 7) is 7.71. The normalized spacial score (nSPS) is 21.3. The van der Waals surface area contributed by atoms with Gasteiger partial charge in [-0.25, -0.2) is 0 Å². The Morgan fingerprint density at radius 1 is 1.00 bits per heavy atom. The number of phenolic OH excluding ortho intramolecular Hbond substituents is 2. The van der Waals surface area contributed by atoms with Crippen molar-refractivity contribution in [1.29, 1.82) is 0 Å². The summed E-state index contributed by atoms with van der Waals surface area (Å²) in [6.07, 6.45) is 1.50. The van der Waals surface area contributed by atoms with Gasteiger partial charge in [-0.3, -0.25) is 9.47 Å². The zero-order valence-electron chi connectivity index (χ0n) is 18.5. The standard InChI is InChI=1S/C24H29N5O3/c1-15-26-27-16(2)29(15)17-4-6-19(7-5-17)32-24-21-12-18(30)13-23(31)20(21)14-22(24)28-10-3-8-25-9-11-28/h4-7,12-13,22,24-25,30-31H,3,8-11,14H2,1-2H3. The van der Waals surface area contributed by atoms with Crippen molar-refractivity contribution in [1.82, 2.24) is 25.0 Å². The maximum Gasteiger partial charge on any atom is 0.140 e. The first-order valence-electron chi connectivity index (χ1n) is 11.2. The van der Waals surface area contributed by atoms with Gasteiger partial charge in [-0.2, -0.15) is 0 Å². The highest BCUT2D eigenvalue weighted by atomic mass is 16.5. The number of nitrogens with zero attached hydrogens (tertiary/aromatic N) is 4. The Kier molecular flexibility index (Phi) is 5.48. The van der Waals surface area contributed by atoms with Crippen molar-refractivity contribution in [3.63, 3.8) is 0 Å². The van der Waals surface area contributed by atoms with Crippen LogP contribution in [0.1, 0.15) is 35.3 Å². The predicted octanol–water partition coefficient (Wildman–Crippen LogP) is 2.64. The van der Waals surface area contributed by atoms with Crippen LogP contribution in [0.15, 0.2) is 36.4 Å². The molecule has 3 N–H and O–H groups in total. The van der Waals surface area contributed by atoms with Crippen LogP contribution in [-0.2, 0) is 6.42 Å². The Balaban J connectivity index is 1.45. The van der Waals surface area contributed by atoms with E-state index < -0.39 is 0 Å². The number of hydrogen-bond acceptors (Lipinski definition) is 7. The number of hydrogen-bond donors (Lipinski definition) is 3. The van der Waals surface area contributed by atoms with Gasteiger partial charge in [-0.05, 0) is 70.1 Å². The van der Waals surface area contributed by atoms with Crippen molar-refractivity contribution in [2.75, 3.05) is 26.2 Å². The fraction of sp³-hybridized carbons (Fsp3) is 0.417. The molecule has 2 atom stereocenters. The molecule has 0 spiro atoms. The topological polar surface area (TPSA) is 95.7 Å². The van der Waals surface area contributed by atoms with Gasteiger partial charge >= 0.3 is 0 Å². The van der Waals surface area contributed by atoms with Gasteiger partial charge in [-0.1, -0.05) is 0 Å². The van der Waals surface area contributed by atoms with E-state index in [1.807, 2.05) is 42.7 Å². The smallest absolute Gasteiger partial charge is 0.140 e. The molecule has 2 aromatic carbocycles. The summed E-state index contributed by atoms with van der Waals surface area (Å²) in [7, 11) is 0. The number of rotatable bonds is 4. The highest BCUT2D eigenvalue weighted by Gasteiger charge is 2.40. The molecule has 0 amide bonds. The Bertz CT molecular complexity index is 1080. The molecule has 0 bridgehead atoms. The lowest BCUT2D eigenvalue weighted by molar-refractivity contribution is 0.0820. The highest BCUT2D eigenvalue weighted by molar-refractivity contribution is 5.51. The van der Waals surface area contributed by atoms with E-state index in [1.165, 1.54) is 6.07 Å². The number of phenols is 2. The van der Waals surface area contributed by atoms with Crippen LogP contribution >= 0.6 is 0 Å². The molecule has 2 unspecified atom stereocenters. The molecule has 1 aliphatic heterocycles. The van der Waals surface area contributed by atoms with E-state index in [2.05, 4.69) is 20.4 Å². The van der Waals surface area contributed by atoms with Crippen LogP contribution < -0.4 is 10.1 Å². The molecule has 1 aliphatic carbocycles. The summed E-state index contributed by atoms with van der Waals surface area (Å²) < 4.78 is 8.52. The summed E-state index contributed by atoms with van der Waals surface area (Å²) in [4.78, 5) is 2.44. The van der Waals surface area contributed by atoms with E-state index in [-0.39, 0.29) is 23.6 Å². The lowest BCUT2D eigenvalue weighted by atomic mass is 10.1. The molecular formula is C24H29N5O3. The minimum atomic E-state index is -0.273. The lowest BCUT2D eigenvalue weighted by Crippen LogP contribution is -2.42. The Morgan fingerprint density at radius 2 is 1.75 bits per heavy atom. The monoisotopic (exact) mass is 435 g/mol. The lowest BCUT2D eigenvalue weighted by Gasteiger charge is -2.32. The molecule has 2 aliphatic rings. The van der Waals surface area contributed by atoms with Crippen LogP contribution in [0.3, 0.4) is 0 Å². The molecule has 0 saturated carbocycles. The van der Waals surface area contributed by atoms with Gasteiger partial charge in [0.05, 0.1) is 6.04 Å². The molecule has 3 aromatic rings. The van der Waals surface area contributed by atoms with E-state index in [9.17, 15) is 10.2 Å². The van der Waals surface area contributed by atoms with Crippen molar-refractivity contribution in [3.8, 4) is 22.9 Å². The Morgan fingerprint density at radius 3 is 2.50 bits per heavy atom. The van der Waals surface area contributed by atoms with Crippen LogP contribution in [-0.4, -0.2) is 62.1 Å². The van der Waals surface area contributed by atoms with Crippen molar-refractivity contribution < 1.29 is 14.9 Å². The molecule has 8 heteroatoms. The molecule has 168 valence electrons. The predicted molar refractivity (Wildman–Crippen MR) is 121 cm³/mol. The Labute approximate surface area is 187 Å². The number of aryl methyl sites for hydroxylation is 2. The first kappa shape index (κ1) is 20.8. The highest BCUT2D eigenvalue weighted by Crippen LogP contribution is 2.43. The number of fused-ring (bicyclic) bond motifs is 1. The Hall–Kier alpha value is -3.10. The summed E-state index contributed by atoms with van der Waals surface area (Å²) in [5.41, 5.74) is 2.70. The average molecular weight is 436 g/mol. The van der Waals surface area contributed by atoms with Crippen LogP contribution in [0.5, 0.6) is 17.2 Å². The van der Waals surface area contributed by atoms with Gasteiger partial charge in [-0.15, -0.1) is 10.2 Å². The van der Waals surface area contributed by atoms with E-state index >= 15 is 0 Å². The van der Waals surface area contributed by atoms with Crippen LogP contribution in [0.25, 0.3) is 5.69 Å². The fourth-order valence-corrected chi connectivity index (χ4v) is 4.99. The number of ether oxygens (including phenoxy) is 1. The first-order chi connectivity index (χ1) is 15.5. The third-order valence-corrected chi connectivity index (χ3v) is 6.50. The first-order valence-corrected chi connectivity index (χ1v) is 11.2. The number of aromatic nitrogens is 3. The second-order valence-electron chi connectivity index (χ2n) is 8.61. The molecule has 0 radical (unpaired) electrons. The average Bonchev–Trinajstić information content (AvgIpc) is 3.15. The number of benzene rings is 2. The van der Waals surface area contributed by atoms with Gasteiger partial charge in [0.2, 0.25) is 0 Å². The quantitative estimate of drug-likeness (QED) is 0.580. The maximum atomic E-state index is 10.5. The van der Waals surface area contributed by atoms with Crippen molar-refractivity contribution in [3.05, 3.63) is 59.2 Å². The fourth-order valence-electron chi connectivity index (χ4n) is 4.99. The molecule has 1 aromatic heterocycles. The third kappa shape index (κ3) is 3.80. The van der Waals surface area contributed by atoms with Gasteiger partial charge < -0.3 is 20.3 Å². The molecular weight excluding hydrogens is 406 g/mol. The molecule has 32 heavy (non-hydrogen) atoms. The van der Waals surface area contributed by atoms with Gasteiger partial charge in [0, 0.05) is 36.0 Å². The second kappa shape index (κ2) is 8.44. The van der Waals surface area contributed by atoms with Crippen molar-refractivity contribution in [2.45, 2.75) is 38.8 Å². The SMILES string of the molecule is Cc1nnc(C)n1-c1ccc(OC2c3cc(O)cc(O)c3CC2N2CCCNCC2)cc1. The minimum absolute atomic E-state index is 0.0574. The van der Waals surface area contributed by atoms with Crippen molar-refractivity contribution in [2.24, 2.45) is 0 Å². The maximum absolute atomic E-state index is 10.5. The summed E-state index contributed by atoms with van der Waals surface area (Å²) in [6, 6.07) is 11.2. The van der Waals surface area contributed by atoms with E-state index in [1.54, 1.807) is 6.07 Å². The molecule has 8 nitrogen and oxygen atoms in total. The molecule has 1 saturated heterocycles. The molecule has 2 heterocycles. The zero-order chi connectivity index (χ0) is 22.2. The van der Waals surface area contributed by atoms with E-state index in [0.717, 1.165) is 66.8 Å². The molecule has 5 rings (SSSR count). The number of aromatic hydroxyl groups is 2. The largest absolute Gasteiger partial charge is 0.508 e. The minimum Gasteiger partial charge on any atom is -0.508 e. The van der Waals surface area contributed by atoms with Gasteiger partial charge in [0.15, 0.2) is 0 Å².